The summed E-state index contributed by atoms with van der Waals surface area (Å²) in [7, 11) is 0. The predicted octanol–water partition coefficient (Wildman–Crippen LogP) is 4.00. The second-order valence-electron chi connectivity index (χ2n) is 8.80. The first kappa shape index (κ1) is 22.8. The summed E-state index contributed by atoms with van der Waals surface area (Å²) >= 11 is 0. The van der Waals surface area contributed by atoms with Crippen molar-refractivity contribution >= 4 is 29.7 Å². The highest BCUT2D eigenvalue weighted by atomic mass is 16.6. The first-order valence-electron chi connectivity index (χ1n) is 12.1. The molecule has 35 heavy (non-hydrogen) atoms. The SMILES string of the molecule is O=[N+]([O-])c1ccc(-n2cccc2C=NNc2nc(N3CCCCC3)nc(N3CCCCC3)n2)cc1. The molecule has 11 heteroatoms. The lowest BCUT2D eigenvalue weighted by molar-refractivity contribution is -0.384. The largest absolute Gasteiger partial charge is 0.341 e. The highest BCUT2D eigenvalue weighted by Gasteiger charge is 2.20. The smallest absolute Gasteiger partial charge is 0.269 e. The number of nitrogens with one attached hydrogen (secondary N) is 1. The Kier molecular flexibility index (Phi) is 6.82. The number of piperidine rings is 2. The summed E-state index contributed by atoms with van der Waals surface area (Å²) in [5.41, 5.74) is 4.67. The van der Waals surface area contributed by atoms with Crippen LogP contribution in [-0.4, -0.2) is 56.8 Å². The predicted molar refractivity (Wildman–Crippen MR) is 136 cm³/mol. The highest BCUT2D eigenvalue weighted by Crippen LogP contribution is 2.23. The second kappa shape index (κ2) is 10.5. The molecule has 0 unspecified atom stereocenters. The van der Waals surface area contributed by atoms with E-state index in [2.05, 4.69) is 30.3 Å². The quantitative estimate of drug-likeness (QED) is 0.310. The van der Waals surface area contributed by atoms with Gasteiger partial charge in [0.25, 0.3) is 5.69 Å². The van der Waals surface area contributed by atoms with Crippen molar-refractivity contribution < 1.29 is 4.92 Å². The number of non-ortho nitro benzene ring substituents is 1. The van der Waals surface area contributed by atoms with E-state index < -0.39 is 4.92 Å². The van der Waals surface area contributed by atoms with Gasteiger partial charge in [0.2, 0.25) is 17.8 Å². The lowest BCUT2D eigenvalue weighted by atomic mass is 10.1. The van der Waals surface area contributed by atoms with Gasteiger partial charge in [0, 0.05) is 50.2 Å². The van der Waals surface area contributed by atoms with Gasteiger partial charge < -0.3 is 14.4 Å². The Bertz CT molecular complexity index is 1140. The molecule has 0 atom stereocenters. The Morgan fingerprint density at radius 2 is 1.46 bits per heavy atom. The maximum atomic E-state index is 10.9. The van der Waals surface area contributed by atoms with Gasteiger partial charge in [-0.3, -0.25) is 10.1 Å². The number of nitro benzene ring substituents is 1. The maximum absolute atomic E-state index is 10.9. The highest BCUT2D eigenvalue weighted by molar-refractivity contribution is 5.79. The molecule has 0 aliphatic carbocycles. The zero-order valence-corrected chi connectivity index (χ0v) is 19.6. The van der Waals surface area contributed by atoms with Gasteiger partial charge in [0.15, 0.2) is 0 Å². The first-order valence-corrected chi connectivity index (χ1v) is 12.1. The van der Waals surface area contributed by atoms with E-state index in [0.29, 0.717) is 17.8 Å². The van der Waals surface area contributed by atoms with Crippen molar-refractivity contribution in [2.45, 2.75) is 38.5 Å². The van der Waals surface area contributed by atoms with Gasteiger partial charge >= 0.3 is 0 Å². The van der Waals surface area contributed by atoms with Crippen LogP contribution in [0.2, 0.25) is 0 Å². The van der Waals surface area contributed by atoms with Crippen LogP contribution < -0.4 is 15.2 Å². The van der Waals surface area contributed by atoms with Gasteiger partial charge in [-0.05, 0) is 62.8 Å². The molecule has 11 nitrogen and oxygen atoms in total. The van der Waals surface area contributed by atoms with E-state index in [9.17, 15) is 10.1 Å². The van der Waals surface area contributed by atoms with E-state index in [4.69, 9.17) is 4.98 Å². The zero-order valence-electron chi connectivity index (χ0n) is 19.6. The summed E-state index contributed by atoms with van der Waals surface area (Å²) in [6, 6.07) is 10.2. The fourth-order valence-electron chi connectivity index (χ4n) is 4.50. The van der Waals surface area contributed by atoms with Crippen LogP contribution in [-0.2, 0) is 0 Å². The van der Waals surface area contributed by atoms with E-state index in [-0.39, 0.29) is 5.69 Å². The number of anilines is 3. The molecule has 0 amide bonds. The monoisotopic (exact) mass is 475 g/mol. The molecule has 0 saturated carbocycles. The van der Waals surface area contributed by atoms with Crippen molar-refractivity contribution in [1.82, 2.24) is 19.5 Å². The fourth-order valence-corrected chi connectivity index (χ4v) is 4.50. The van der Waals surface area contributed by atoms with Crippen molar-refractivity contribution in [2.24, 2.45) is 5.10 Å². The molecule has 3 aromatic rings. The van der Waals surface area contributed by atoms with E-state index in [1.165, 1.54) is 25.0 Å². The van der Waals surface area contributed by atoms with Crippen LogP contribution in [0.5, 0.6) is 0 Å². The first-order chi connectivity index (χ1) is 17.2. The Morgan fingerprint density at radius 1 is 0.857 bits per heavy atom. The number of nitrogens with zero attached hydrogens (tertiary/aromatic N) is 8. The summed E-state index contributed by atoms with van der Waals surface area (Å²) < 4.78 is 1.90. The number of rotatable bonds is 7. The average Bonchev–Trinajstić information content (AvgIpc) is 3.38. The topological polar surface area (TPSA) is 118 Å². The number of hydrogen-bond acceptors (Lipinski definition) is 9. The van der Waals surface area contributed by atoms with E-state index >= 15 is 0 Å². The van der Waals surface area contributed by atoms with Crippen LogP contribution in [0.3, 0.4) is 0 Å². The Balaban J connectivity index is 1.36. The molecule has 4 heterocycles. The molecule has 2 aliphatic heterocycles. The molecule has 2 fully saturated rings. The van der Waals surface area contributed by atoms with E-state index in [1.54, 1.807) is 18.3 Å². The minimum atomic E-state index is -0.406. The molecule has 1 aromatic carbocycles. The molecule has 5 rings (SSSR count). The van der Waals surface area contributed by atoms with Crippen LogP contribution in [0.15, 0.2) is 47.7 Å². The molecular formula is C24H29N9O2. The second-order valence-corrected chi connectivity index (χ2v) is 8.80. The van der Waals surface area contributed by atoms with Crippen LogP contribution in [0.25, 0.3) is 5.69 Å². The molecule has 0 spiro atoms. The van der Waals surface area contributed by atoms with Crippen molar-refractivity contribution in [3.05, 3.63) is 58.4 Å². The van der Waals surface area contributed by atoms with Crippen molar-refractivity contribution in [2.75, 3.05) is 41.4 Å². The lowest BCUT2D eigenvalue weighted by Crippen LogP contribution is -2.34. The minimum Gasteiger partial charge on any atom is -0.341 e. The summed E-state index contributed by atoms with van der Waals surface area (Å²) in [5.74, 6) is 1.82. The number of benzene rings is 1. The van der Waals surface area contributed by atoms with Crippen molar-refractivity contribution in [3.8, 4) is 5.69 Å². The number of aromatic nitrogens is 4. The molecule has 0 radical (unpaired) electrons. The third kappa shape index (κ3) is 5.39. The van der Waals surface area contributed by atoms with Crippen molar-refractivity contribution in [3.63, 3.8) is 0 Å². The average molecular weight is 476 g/mol. The van der Waals surface area contributed by atoms with Gasteiger partial charge in [0.1, 0.15) is 0 Å². The van der Waals surface area contributed by atoms with Gasteiger partial charge in [-0.2, -0.15) is 20.1 Å². The van der Waals surface area contributed by atoms with Gasteiger partial charge in [-0.1, -0.05) is 0 Å². The van der Waals surface area contributed by atoms with Crippen molar-refractivity contribution in [1.29, 1.82) is 0 Å². The van der Waals surface area contributed by atoms with Gasteiger partial charge in [-0.15, -0.1) is 0 Å². The molecule has 182 valence electrons. The summed E-state index contributed by atoms with van der Waals surface area (Å²) in [6.07, 6.45) is 10.6. The molecular weight excluding hydrogens is 446 g/mol. The Hall–Kier alpha value is -4.02. The number of nitro groups is 1. The van der Waals surface area contributed by atoms with E-state index in [1.807, 2.05) is 22.9 Å². The van der Waals surface area contributed by atoms with Crippen LogP contribution in [0.1, 0.15) is 44.2 Å². The number of hydrazone groups is 1. The van der Waals surface area contributed by atoms with Gasteiger partial charge in [-0.25, -0.2) is 5.43 Å². The van der Waals surface area contributed by atoms with E-state index in [0.717, 1.165) is 63.2 Å². The molecule has 2 aliphatic rings. The summed E-state index contributed by atoms with van der Waals surface area (Å²) in [5, 5.41) is 15.3. The standard InChI is InChI=1S/C24H29N9O2/c34-33(35)20-11-9-19(10-12-20)32-17-7-8-21(32)18-25-29-22-26-23(30-13-3-1-4-14-30)28-24(27-22)31-15-5-2-6-16-31/h7-12,17-18H,1-6,13-16H2,(H,26,27,28,29). The molecule has 2 aromatic heterocycles. The summed E-state index contributed by atoms with van der Waals surface area (Å²) in [4.78, 5) is 29.1. The maximum Gasteiger partial charge on any atom is 0.269 e. The lowest BCUT2D eigenvalue weighted by Gasteiger charge is -2.30. The summed E-state index contributed by atoms with van der Waals surface area (Å²) in [6.45, 7) is 3.81. The zero-order chi connectivity index (χ0) is 24.0. The number of hydrogen-bond donors (Lipinski definition) is 1. The third-order valence-corrected chi connectivity index (χ3v) is 6.37. The van der Waals surface area contributed by atoms with Crippen LogP contribution in [0.4, 0.5) is 23.5 Å². The fraction of sp³-hybridized carbons (Fsp3) is 0.417. The normalized spacial score (nSPS) is 16.6. The van der Waals surface area contributed by atoms with Gasteiger partial charge in [0.05, 0.1) is 16.8 Å². The minimum absolute atomic E-state index is 0.0571. The molecule has 2 saturated heterocycles. The van der Waals surface area contributed by atoms with Crippen LogP contribution >= 0.6 is 0 Å². The van der Waals surface area contributed by atoms with Crippen LogP contribution in [0, 0.1) is 10.1 Å². The molecule has 0 bridgehead atoms. The molecule has 1 N–H and O–H groups in total. The Labute approximate surface area is 203 Å². The third-order valence-electron chi connectivity index (χ3n) is 6.37. The Morgan fingerprint density at radius 3 is 2.03 bits per heavy atom.